The minimum absolute atomic E-state index is 0.320. The highest BCUT2D eigenvalue weighted by atomic mass is 16.5. The molecular weight excluding hydrogens is 340 g/mol. The van der Waals surface area contributed by atoms with E-state index >= 15 is 0 Å². The van der Waals surface area contributed by atoms with E-state index in [1.54, 1.807) is 0 Å². The zero-order chi connectivity index (χ0) is 19.5. The van der Waals surface area contributed by atoms with Gasteiger partial charge in [-0.05, 0) is 48.2 Å². The summed E-state index contributed by atoms with van der Waals surface area (Å²) in [6.07, 6.45) is 3.00. The first-order chi connectivity index (χ1) is 13.1. The lowest BCUT2D eigenvalue weighted by Crippen LogP contribution is -2.24. The summed E-state index contributed by atoms with van der Waals surface area (Å²) >= 11 is 0. The van der Waals surface area contributed by atoms with Crippen LogP contribution < -0.4 is 4.74 Å². The Labute approximate surface area is 161 Å². The topological polar surface area (TPSA) is 55.8 Å². The maximum atomic E-state index is 11.0. The van der Waals surface area contributed by atoms with E-state index in [1.807, 2.05) is 36.4 Å². The van der Waals surface area contributed by atoms with Crippen LogP contribution in [0.3, 0.4) is 0 Å². The lowest BCUT2D eigenvalue weighted by Gasteiger charge is -2.10. The number of methoxy groups -OCH3 is 1. The molecule has 2 aromatic carbocycles. The second kappa shape index (κ2) is 11.1. The second-order valence-electron chi connectivity index (χ2n) is 6.30. The van der Waals surface area contributed by atoms with Crippen molar-refractivity contribution in [3.63, 3.8) is 0 Å². The highest BCUT2D eigenvalue weighted by molar-refractivity contribution is 5.72. The zero-order valence-corrected chi connectivity index (χ0v) is 15.9. The van der Waals surface area contributed by atoms with Crippen LogP contribution >= 0.6 is 0 Å². The van der Waals surface area contributed by atoms with Crippen molar-refractivity contribution in [3.8, 4) is 17.6 Å². The molecule has 1 unspecified atom stereocenters. The van der Waals surface area contributed by atoms with Gasteiger partial charge in [0.25, 0.3) is 0 Å². The number of hydrogen-bond donors (Lipinski definition) is 1. The number of aryl methyl sites for hydroxylation is 1. The molecule has 0 bridgehead atoms. The van der Waals surface area contributed by atoms with Crippen LogP contribution in [0.1, 0.15) is 36.5 Å². The number of rotatable bonds is 9. The van der Waals surface area contributed by atoms with E-state index in [-0.39, 0.29) is 0 Å². The highest BCUT2D eigenvalue weighted by Crippen LogP contribution is 2.14. The third-order valence-electron chi connectivity index (χ3n) is 4.22. The lowest BCUT2D eigenvalue weighted by atomic mass is 10.1. The van der Waals surface area contributed by atoms with Gasteiger partial charge in [-0.25, -0.2) is 4.79 Å². The maximum Gasteiger partial charge on any atom is 0.333 e. The Morgan fingerprint density at radius 1 is 1.07 bits per heavy atom. The molecule has 2 rings (SSSR count). The average Bonchev–Trinajstić information content (AvgIpc) is 2.69. The average molecular weight is 366 g/mol. The third kappa shape index (κ3) is 7.16. The molecule has 0 aliphatic heterocycles. The number of carboxylic acid groups (broad SMARTS) is 1. The molecule has 0 saturated heterocycles. The number of aliphatic carboxylic acids is 1. The monoisotopic (exact) mass is 366 g/mol. The van der Waals surface area contributed by atoms with Gasteiger partial charge in [-0.15, -0.1) is 0 Å². The molecule has 0 fully saturated rings. The van der Waals surface area contributed by atoms with Crippen molar-refractivity contribution < 1.29 is 19.4 Å². The van der Waals surface area contributed by atoms with E-state index in [9.17, 15) is 4.79 Å². The standard InChI is InChI=1S/C23H26O4/c1-3-4-6-18-12-14-21(15-13-18)27-16-5-7-19-8-10-20(11-9-19)17-22(26-2)23(24)25/h8-15,22H,3-4,6,16-17H2,1-2H3,(H,24,25). The first kappa shape index (κ1) is 20.5. The molecule has 4 nitrogen and oxygen atoms in total. The summed E-state index contributed by atoms with van der Waals surface area (Å²) in [5.74, 6) is 5.90. The molecular formula is C23H26O4. The smallest absolute Gasteiger partial charge is 0.333 e. The molecule has 0 aromatic heterocycles. The third-order valence-corrected chi connectivity index (χ3v) is 4.22. The number of ether oxygens (including phenoxy) is 2. The number of carbonyl (C=O) groups is 1. The molecule has 0 radical (unpaired) electrons. The van der Waals surface area contributed by atoms with Gasteiger partial charge in [0.05, 0.1) is 0 Å². The van der Waals surface area contributed by atoms with E-state index < -0.39 is 12.1 Å². The fourth-order valence-electron chi connectivity index (χ4n) is 2.60. The molecule has 1 atom stereocenters. The quantitative estimate of drug-likeness (QED) is 0.679. The summed E-state index contributed by atoms with van der Waals surface area (Å²) in [6, 6.07) is 15.7. The Balaban J connectivity index is 1.82. The summed E-state index contributed by atoms with van der Waals surface area (Å²) in [5, 5.41) is 9.02. The summed E-state index contributed by atoms with van der Waals surface area (Å²) in [6.45, 7) is 2.51. The number of hydrogen-bond acceptors (Lipinski definition) is 3. The predicted molar refractivity (Wildman–Crippen MR) is 106 cm³/mol. The van der Waals surface area contributed by atoms with Crippen molar-refractivity contribution in [2.45, 2.75) is 38.7 Å². The van der Waals surface area contributed by atoms with Crippen LogP contribution in [0.5, 0.6) is 5.75 Å². The molecule has 4 heteroatoms. The SMILES string of the molecule is CCCCc1ccc(OCC#Cc2ccc(CC(OC)C(=O)O)cc2)cc1. The Bertz CT molecular complexity index is 767. The van der Waals surface area contributed by atoms with E-state index in [4.69, 9.17) is 14.6 Å². The number of benzene rings is 2. The van der Waals surface area contributed by atoms with Crippen LogP contribution in [0.15, 0.2) is 48.5 Å². The van der Waals surface area contributed by atoms with Crippen molar-refractivity contribution in [1.82, 2.24) is 0 Å². The summed E-state index contributed by atoms with van der Waals surface area (Å²) in [4.78, 5) is 11.0. The summed E-state index contributed by atoms with van der Waals surface area (Å²) in [5.41, 5.74) is 3.09. The fourth-order valence-corrected chi connectivity index (χ4v) is 2.60. The zero-order valence-electron chi connectivity index (χ0n) is 15.9. The van der Waals surface area contributed by atoms with E-state index in [2.05, 4.69) is 30.9 Å². The molecule has 142 valence electrons. The molecule has 27 heavy (non-hydrogen) atoms. The highest BCUT2D eigenvalue weighted by Gasteiger charge is 2.16. The van der Waals surface area contributed by atoms with E-state index in [1.165, 1.54) is 25.5 Å². The van der Waals surface area contributed by atoms with Crippen molar-refractivity contribution in [2.24, 2.45) is 0 Å². The van der Waals surface area contributed by atoms with Crippen LogP contribution in [-0.2, 0) is 22.4 Å². The van der Waals surface area contributed by atoms with Gasteiger partial charge in [-0.2, -0.15) is 0 Å². The van der Waals surface area contributed by atoms with Gasteiger partial charge < -0.3 is 14.6 Å². The minimum atomic E-state index is -0.961. The van der Waals surface area contributed by atoms with Crippen LogP contribution in [0.4, 0.5) is 0 Å². The minimum Gasteiger partial charge on any atom is -0.481 e. The van der Waals surface area contributed by atoms with Crippen molar-refractivity contribution in [1.29, 1.82) is 0 Å². The second-order valence-corrected chi connectivity index (χ2v) is 6.30. The Morgan fingerprint density at radius 3 is 2.33 bits per heavy atom. The molecule has 0 aliphatic rings. The van der Waals surface area contributed by atoms with Gasteiger partial charge in [0, 0.05) is 19.1 Å². The van der Waals surface area contributed by atoms with Crippen molar-refractivity contribution >= 4 is 5.97 Å². The van der Waals surface area contributed by atoms with Crippen molar-refractivity contribution in [2.75, 3.05) is 13.7 Å². The van der Waals surface area contributed by atoms with Crippen LogP contribution in [0, 0.1) is 11.8 Å². The first-order valence-electron chi connectivity index (χ1n) is 9.17. The molecule has 0 saturated carbocycles. The largest absolute Gasteiger partial charge is 0.481 e. The molecule has 0 spiro atoms. The van der Waals surface area contributed by atoms with Crippen LogP contribution in [-0.4, -0.2) is 30.9 Å². The van der Waals surface area contributed by atoms with Crippen LogP contribution in [0.2, 0.25) is 0 Å². The summed E-state index contributed by atoms with van der Waals surface area (Å²) in [7, 11) is 1.40. The van der Waals surface area contributed by atoms with Gasteiger partial charge in [0.15, 0.2) is 6.10 Å². The van der Waals surface area contributed by atoms with Gasteiger partial charge in [0.2, 0.25) is 0 Å². The predicted octanol–water partition coefficient (Wildman–Crippen LogP) is 4.10. The normalized spacial score (nSPS) is 11.3. The van der Waals surface area contributed by atoms with E-state index in [0.29, 0.717) is 13.0 Å². The summed E-state index contributed by atoms with van der Waals surface area (Å²) < 4.78 is 10.6. The maximum absolute atomic E-state index is 11.0. The van der Waals surface area contributed by atoms with Gasteiger partial charge in [-0.1, -0.05) is 49.5 Å². The molecule has 0 aliphatic carbocycles. The van der Waals surface area contributed by atoms with Gasteiger partial charge in [-0.3, -0.25) is 0 Å². The first-order valence-corrected chi connectivity index (χ1v) is 9.17. The fraction of sp³-hybridized carbons (Fsp3) is 0.348. The Morgan fingerprint density at radius 2 is 1.74 bits per heavy atom. The van der Waals surface area contributed by atoms with Crippen LogP contribution in [0.25, 0.3) is 0 Å². The number of carboxylic acids is 1. The van der Waals surface area contributed by atoms with Crippen molar-refractivity contribution in [3.05, 3.63) is 65.2 Å². The molecule has 1 N–H and O–H groups in total. The Hall–Kier alpha value is -2.77. The molecule has 0 heterocycles. The Kier molecular flexibility index (Phi) is 8.41. The van der Waals surface area contributed by atoms with Gasteiger partial charge in [0.1, 0.15) is 12.4 Å². The molecule has 0 amide bonds. The number of unbranched alkanes of at least 4 members (excludes halogenated alkanes) is 1. The lowest BCUT2D eigenvalue weighted by molar-refractivity contribution is -0.148. The van der Waals surface area contributed by atoms with E-state index in [0.717, 1.165) is 23.3 Å². The van der Waals surface area contributed by atoms with Gasteiger partial charge >= 0.3 is 5.97 Å². The molecule has 2 aromatic rings.